The molecular weight excluding hydrogens is 250 g/mol. The zero-order valence-corrected chi connectivity index (χ0v) is 11.3. The van der Waals surface area contributed by atoms with E-state index in [-0.39, 0.29) is 11.8 Å². The fraction of sp³-hybridized carbons (Fsp3) is 0.727. The van der Waals surface area contributed by atoms with Gasteiger partial charge >= 0.3 is 6.03 Å². The molecule has 0 aliphatic rings. The van der Waals surface area contributed by atoms with E-state index in [9.17, 15) is 14.4 Å². The Balaban J connectivity index is 4.13. The fourth-order valence-corrected chi connectivity index (χ4v) is 1.55. The summed E-state index contributed by atoms with van der Waals surface area (Å²) in [6, 6.07) is -1.76. The minimum absolute atomic E-state index is 0.00818. The lowest BCUT2D eigenvalue weighted by atomic mass is 10.0. The van der Waals surface area contributed by atoms with E-state index in [2.05, 4.69) is 16.1 Å². The van der Waals surface area contributed by atoms with Crippen molar-refractivity contribution in [3.63, 3.8) is 0 Å². The van der Waals surface area contributed by atoms with Crippen LogP contribution in [0.3, 0.4) is 0 Å². The van der Waals surface area contributed by atoms with Crippen molar-refractivity contribution in [3.05, 3.63) is 0 Å². The van der Waals surface area contributed by atoms with E-state index < -0.39 is 18.1 Å². The number of rotatable bonds is 9. The summed E-state index contributed by atoms with van der Waals surface area (Å²) < 4.78 is 0. The number of nitrogens with two attached hydrogens (primary N) is 2. The van der Waals surface area contributed by atoms with Gasteiger partial charge in [-0.25, -0.2) is 10.2 Å². The van der Waals surface area contributed by atoms with Gasteiger partial charge in [0.25, 0.3) is 0 Å². The highest BCUT2D eigenvalue weighted by Gasteiger charge is 2.22. The number of hydrogen-bond acceptors (Lipinski definition) is 5. The molecule has 0 unspecified atom stereocenters. The maximum absolute atomic E-state index is 11.8. The molecule has 0 radical (unpaired) electrons. The molecule has 0 heterocycles. The first-order valence-electron chi connectivity index (χ1n) is 6.17. The van der Waals surface area contributed by atoms with Crippen LogP contribution < -0.4 is 27.6 Å². The van der Waals surface area contributed by atoms with Gasteiger partial charge in [0.05, 0.1) is 6.04 Å². The Bertz CT molecular complexity index is 309. The first kappa shape index (κ1) is 17.3. The normalized spacial score (nSPS) is 13.7. The van der Waals surface area contributed by atoms with Crippen LogP contribution in [0.15, 0.2) is 0 Å². The van der Waals surface area contributed by atoms with E-state index in [0.29, 0.717) is 25.7 Å². The summed E-state index contributed by atoms with van der Waals surface area (Å²) in [5.41, 5.74) is 7.31. The zero-order chi connectivity index (χ0) is 14.8. The first-order chi connectivity index (χ1) is 8.92. The monoisotopic (exact) mass is 273 g/mol. The summed E-state index contributed by atoms with van der Waals surface area (Å²) in [5, 5.41) is 5.00. The molecule has 19 heavy (non-hydrogen) atoms. The minimum atomic E-state index is -0.612. The van der Waals surface area contributed by atoms with Gasteiger partial charge in [-0.15, -0.1) is 0 Å². The molecule has 0 bridgehead atoms. The molecule has 7 N–H and O–H groups in total. The highest BCUT2D eigenvalue weighted by atomic mass is 16.2. The van der Waals surface area contributed by atoms with Gasteiger partial charge < -0.3 is 21.2 Å². The van der Waals surface area contributed by atoms with E-state index in [1.165, 1.54) is 0 Å². The molecule has 0 aliphatic heterocycles. The Morgan fingerprint density at radius 3 is 2.37 bits per heavy atom. The van der Waals surface area contributed by atoms with E-state index in [0.717, 1.165) is 0 Å². The van der Waals surface area contributed by atoms with Crippen LogP contribution in [0.1, 0.15) is 26.7 Å². The Labute approximate surface area is 112 Å². The zero-order valence-electron chi connectivity index (χ0n) is 11.3. The molecule has 3 amide bonds. The summed E-state index contributed by atoms with van der Waals surface area (Å²) in [6.45, 7) is 4.05. The first-order valence-corrected chi connectivity index (χ1v) is 6.17. The molecule has 0 spiro atoms. The van der Waals surface area contributed by atoms with Crippen LogP contribution in [0.5, 0.6) is 0 Å². The van der Waals surface area contributed by atoms with Crippen molar-refractivity contribution in [2.75, 3.05) is 6.54 Å². The number of primary amides is 1. The molecule has 2 atom stereocenters. The van der Waals surface area contributed by atoms with Crippen LogP contribution in [0.4, 0.5) is 4.79 Å². The van der Waals surface area contributed by atoms with Crippen LogP contribution in [0.2, 0.25) is 0 Å². The SMILES string of the molecule is CC(C)[C@H](NN)C(=O)N[C@H](C=O)CCCNC(N)=O. The number of hydrazine groups is 1. The van der Waals surface area contributed by atoms with Crippen molar-refractivity contribution in [2.45, 2.75) is 38.8 Å². The van der Waals surface area contributed by atoms with Crippen molar-refractivity contribution in [3.8, 4) is 0 Å². The van der Waals surface area contributed by atoms with E-state index >= 15 is 0 Å². The van der Waals surface area contributed by atoms with Crippen LogP contribution in [-0.4, -0.2) is 36.9 Å². The molecular formula is C11H23N5O3. The lowest BCUT2D eigenvalue weighted by Gasteiger charge is -2.21. The van der Waals surface area contributed by atoms with Crippen LogP contribution in [0.25, 0.3) is 0 Å². The average molecular weight is 273 g/mol. The Morgan fingerprint density at radius 2 is 1.95 bits per heavy atom. The number of amides is 3. The highest BCUT2D eigenvalue weighted by Crippen LogP contribution is 2.02. The second-order valence-corrected chi connectivity index (χ2v) is 4.57. The number of hydrogen-bond donors (Lipinski definition) is 5. The molecule has 0 saturated carbocycles. The van der Waals surface area contributed by atoms with Gasteiger partial charge in [0.2, 0.25) is 5.91 Å². The van der Waals surface area contributed by atoms with E-state index in [4.69, 9.17) is 11.6 Å². The minimum Gasteiger partial charge on any atom is -0.352 e. The lowest BCUT2D eigenvalue weighted by molar-refractivity contribution is -0.126. The van der Waals surface area contributed by atoms with Gasteiger partial charge in [-0.3, -0.25) is 10.6 Å². The van der Waals surface area contributed by atoms with Crippen LogP contribution in [-0.2, 0) is 9.59 Å². The second kappa shape index (κ2) is 9.29. The molecule has 0 saturated heterocycles. The van der Waals surface area contributed by atoms with Crippen LogP contribution >= 0.6 is 0 Å². The smallest absolute Gasteiger partial charge is 0.312 e. The Morgan fingerprint density at radius 1 is 1.32 bits per heavy atom. The topological polar surface area (TPSA) is 139 Å². The average Bonchev–Trinajstić information content (AvgIpc) is 2.33. The Kier molecular flexibility index (Phi) is 8.47. The number of aldehydes is 1. The molecule has 8 heteroatoms. The summed E-state index contributed by atoms with van der Waals surface area (Å²) in [5.74, 6) is 4.97. The van der Waals surface area contributed by atoms with Crippen molar-refractivity contribution < 1.29 is 14.4 Å². The molecule has 0 aromatic carbocycles. The summed E-state index contributed by atoms with van der Waals surface area (Å²) in [7, 11) is 0. The predicted octanol–water partition coefficient (Wildman–Crippen LogP) is -1.39. The fourth-order valence-electron chi connectivity index (χ4n) is 1.55. The second-order valence-electron chi connectivity index (χ2n) is 4.57. The van der Waals surface area contributed by atoms with Gasteiger partial charge in [0, 0.05) is 6.54 Å². The highest BCUT2D eigenvalue weighted by molar-refractivity contribution is 5.84. The third-order valence-corrected chi connectivity index (χ3v) is 2.61. The number of carbonyl (C=O) groups excluding carboxylic acids is 3. The van der Waals surface area contributed by atoms with Crippen molar-refractivity contribution >= 4 is 18.2 Å². The molecule has 8 nitrogen and oxygen atoms in total. The van der Waals surface area contributed by atoms with E-state index in [1.54, 1.807) is 0 Å². The van der Waals surface area contributed by atoms with Crippen molar-refractivity contribution in [2.24, 2.45) is 17.5 Å². The van der Waals surface area contributed by atoms with Crippen LogP contribution in [0, 0.1) is 5.92 Å². The summed E-state index contributed by atoms with van der Waals surface area (Å²) in [4.78, 5) is 33.1. The molecule has 0 aromatic heterocycles. The quantitative estimate of drug-likeness (QED) is 0.152. The third kappa shape index (κ3) is 7.37. The predicted molar refractivity (Wildman–Crippen MR) is 70.8 cm³/mol. The van der Waals surface area contributed by atoms with Gasteiger partial charge in [-0.1, -0.05) is 13.8 Å². The number of nitrogens with one attached hydrogen (secondary N) is 3. The lowest BCUT2D eigenvalue weighted by Crippen LogP contribution is -2.53. The van der Waals surface area contributed by atoms with E-state index in [1.807, 2.05) is 13.8 Å². The maximum Gasteiger partial charge on any atom is 0.312 e. The van der Waals surface area contributed by atoms with Crippen molar-refractivity contribution in [1.82, 2.24) is 16.1 Å². The maximum atomic E-state index is 11.8. The molecule has 0 aromatic rings. The van der Waals surface area contributed by atoms with Gasteiger partial charge in [0.1, 0.15) is 12.3 Å². The Hall–Kier alpha value is -1.67. The van der Waals surface area contributed by atoms with Crippen molar-refractivity contribution in [1.29, 1.82) is 0 Å². The van der Waals surface area contributed by atoms with Gasteiger partial charge in [-0.05, 0) is 18.8 Å². The van der Waals surface area contributed by atoms with Gasteiger partial charge in [-0.2, -0.15) is 0 Å². The molecule has 0 aliphatic carbocycles. The molecule has 0 rings (SSSR count). The van der Waals surface area contributed by atoms with Gasteiger partial charge in [0.15, 0.2) is 0 Å². The third-order valence-electron chi connectivity index (χ3n) is 2.61. The number of urea groups is 1. The molecule has 0 fully saturated rings. The summed E-state index contributed by atoms with van der Waals surface area (Å²) >= 11 is 0. The number of carbonyl (C=O) groups is 3. The summed E-state index contributed by atoms with van der Waals surface area (Å²) in [6.07, 6.45) is 1.62. The largest absolute Gasteiger partial charge is 0.352 e. The molecule has 110 valence electrons. The standard InChI is InChI=1S/C11H23N5O3/c1-7(2)9(16-13)10(18)15-8(6-17)4-3-5-14-11(12)19/h6-9,16H,3-5,13H2,1-2H3,(H,15,18)(H3,12,14,19)/t8-,9-/m0/s1.